The van der Waals surface area contributed by atoms with E-state index in [0.717, 1.165) is 4.90 Å². The molecule has 3 nitrogen and oxygen atoms in total. The van der Waals surface area contributed by atoms with E-state index >= 15 is 0 Å². The van der Waals surface area contributed by atoms with Crippen molar-refractivity contribution in [1.29, 1.82) is 0 Å². The Bertz CT molecular complexity index is 263. The molecule has 0 atom stereocenters. The van der Waals surface area contributed by atoms with Crippen LogP contribution in [0.4, 0.5) is 13.2 Å². The highest BCUT2D eigenvalue weighted by molar-refractivity contribution is 5.78. The van der Waals surface area contributed by atoms with E-state index in [1.165, 1.54) is 0 Å². The van der Waals surface area contributed by atoms with Gasteiger partial charge in [0.05, 0.1) is 6.54 Å². The van der Waals surface area contributed by atoms with E-state index in [0.29, 0.717) is 19.4 Å². The lowest BCUT2D eigenvalue weighted by atomic mass is 10.1. The van der Waals surface area contributed by atoms with Crippen molar-refractivity contribution in [2.24, 2.45) is 0 Å². The Hall–Kier alpha value is -1.04. The fourth-order valence-corrected chi connectivity index (χ4v) is 1.73. The van der Waals surface area contributed by atoms with E-state index in [4.69, 9.17) is 0 Å². The fraction of sp³-hybridized carbons (Fsp3) is 0.750. The first-order chi connectivity index (χ1) is 8.35. The summed E-state index contributed by atoms with van der Waals surface area (Å²) in [4.78, 5) is 12.7. The number of nitrogens with zero attached hydrogens (tertiary/aromatic N) is 1. The second-order valence-corrected chi connectivity index (χ2v) is 4.03. The topological polar surface area (TPSA) is 32.3 Å². The van der Waals surface area contributed by atoms with E-state index in [-0.39, 0.29) is 12.6 Å². The molecule has 0 unspecified atom stereocenters. The molecule has 1 amide bonds. The molecule has 6 heteroatoms. The normalized spacial score (nSPS) is 11.7. The molecule has 0 spiro atoms. The second kappa shape index (κ2) is 8.13. The maximum atomic E-state index is 12.5. The SMILES string of the molecule is C=CCNCC(=O)N(CC(F)(F)F)C(CC)CC. The molecule has 0 aromatic carbocycles. The number of rotatable bonds is 8. The zero-order valence-electron chi connectivity index (χ0n) is 10.9. The van der Waals surface area contributed by atoms with Gasteiger partial charge in [-0.1, -0.05) is 19.9 Å². The van der Waals surface area contributed by atoms with Gasteiger partial charge in [-0.3, -0.25) is 4.79 Å². The highest BCUT2D eigenvalue weighted by Gasteiger charge is 2.35. The van der Waals surface area contributed by atoms with E-state index in [1.54, 1.807) is 19.9 Å². The highest BCUT2D eigenvalue weighted by atomic mass is 19.4. The van der Waals surface area contributed by atoms with Gasteiger partial charge in [0.15, 0.2) is 0 Å². The van der Waals surface area contributed by atoms with E-state index in [9.17, 15) is 18.0 Å². The zero-order chi connectivity index (χ0) is 14.2. The molecule has 0 aliphatic carbocycles. The Balaban J connectivity index is 4.63. The van der Waals surface area contributed by atoms with Crippen molar-refractivity contribution in [3.63, 3.8) is 0 Å². The van der Waals surface area contributed by atoms with Crippen molar-refractivity contribution in [3.05, 3.63) is 12.7 Å². The largest absolute Gasteiger partial charge is 0.406 e. The molecule has 0 rings (SSSR count). The fourth-order valence-electron chi connectivity index (χ4n) is 1.73. The maximum absolute atomic E-state index is 12.5. The van der Waals surface area contributed by atoms with Crippen LogP contribution in [0.3, 0.4) is 0 Å². The number of carbonyl (C=O) groups excluding carboxylic acids is 1. The minimum Gasteiger partial charge on any atom is -0.330 e. The van der Waals surface area contributed by atoms with Crippen LogP contribution in [0.15, 0.2) is 12.7 Å². The highest BCUT2D eigenvalue weighted by Crippen LogP contribution is 2.20. The standard InChI is InChI=1S/C12H21F3N2O/c1-4-7-16-8-11(18)17(9-12(13,14)15)10(5-2)6-3/h4,10,16H,1,5-9H2,2-3H3. The molecule has 0 aliphatic heterocycles. The first-order valence-corrected chi connectivity index (χ1v) is 6.03. The smallest absolute Gasteiger partial charge is 0.330 e. The minimum absolute atomic E-state index is 0.0986. The quantitative estimate of drug-likeness (QED) is 0.540. The zero-order valence-corrected chi connectivity index (χ0v) is 10.9. The molecule has 0 fully saturated rings. The Labute approximate surface area is 106 Å². The van der Waals surface area contributed by atoms with Crippen molar-refractivity contribution in [2.45, 2.75) is 38.9 Å². The number of amides is 1. The van der Waals surface area contributed by atoms with Crippen molar-refractivity contribution >= 4 is 5.91 Å². The molecule has 0 saturated carbocycles. The number of nitrogens with one attached hydrogen (secondary N) is 1. The van der Waals surface area contributed by atoms with Crippen LogP contribution in [-0.4, -0.2) is 42.7 Å². The Kier molecular flexibility index (Phi) is 7.66. The van der Waals surface area contributed by atoms with Crippen molar-refractivity contribution < 1.29 is 18.0 Å². The summed E-state index contributed by atoms with van der Waals surface area (Å²) in [5.41, 5.74) is 0. The average Bonchev–Trinajstić information content (AvgIpc) is 2.28. The average molecular weight is 266 g/mol. The number of halogens is 3. The number of hydrogen-bond donors (Lipinski definition) is 1. The molecular weight excluding hydrogens is 245 g/mol. The van der Waals surface area contributed by atoms with Gasteiger partial charge < -0.3 is 10.2 Å². The third kappa shape index (κ3) is 6.64. The lowest BCUT2D eigenvalue weighted by Gasteiger charge is -2.31. The summed E-state index contributed by atoms with van der Waals surface area (Å²) >= 11 is 0. The third-order valence-corrected chi connectivity index (χ3v) is 2.62. The van der Waals surface area contributed by atoms with E-state index in [1.807, 2.05) is 0 Å². The number of carbonyl (C=O) groups is 1. The van der Waals surface area contributed by atoms with Crippen LogP contribution in [0.2, 0.25) is 0 Å². The summed E-state index contributed by atoms with van der Waals surface area (Å²) < 4.78 is 37.4. The number of alkyl halides is 3. The van der Waals surface area contributed by atoms with Gasteiger partial charge in [0, 0.05) is 12.6 Å². The predicted molar refractivity (Wildman–Crippen MR) is 65.2 cm³/mol. The molecule has 18 heavy (non-hydrogen) atoms. The van der Waals surface area contributed by atoms with Gasteiger partial charge >= 0.3 is 6.18 Å². The van der Waals surface area contributed by atoms with E-state index < -0.39 is 18.6 Å². The third-order valence-electron chi connectivity index (χ3n) is 2.62. The second-order valence-electron chi connectivity index (χ2n) is 4.03. The van der Waals surface area contributed by atoms with Crippen LogP contribution in [0.5, 0.6) is 0 Å². The molecule has 0 saturated heterocycles. The number of hydrogen-bond acceptors (Lipinski definition) is 2. The van der Waals surface area contributed by atoms with Crippen LogP contribution in [0.25, 0.3) is 0 Å². The summed E-state index contributed by atoms with van der Waals surface area (Å²) in [6.45, 7) is 6.13. The van der Waals surface area contributed by atoms with Crippen molar-refractivity contribution in [1.82, 2.24) is 10.2 Å². The summed E-state index contributed by atoms with van der Waals surface area (Å²) in [5, 5.41) is 2.73. The van der Waals surface area contributed by atoms with Gasteiger partial charge in [-0.25, -0.2) is 0 Å². The molecule has 0 heterocycles. The van der Waals surface area contributed by atoms with Crippen molar-refractivity contribution in [2.75, 3.05) is 19.6 Å². The molecule has 106 valence electrons. The van der Waals surface area contributed by atoms with Gasteiger partial charge in [-0.15, -0.1) is 6.58 Å². The predicted octanol–water partition coefficient (Wildman–Crippen LogP) is 2.34. The summed E-state index contributed by atoms with van der Waals surface area (Å²) in [6, 6.07) is -0.371. The van der Waals surface area contributed by atoms with Crippen LogP contribution in [0, 0.1) is 0 Å². The van der Waals surface area contributed by atoms with Gasteiger partial charge in [0.1, 0.15) is 6.54 Å². The van der Waals surface area contributed by atoms with Crippen LogP contribution < -0.4 is 5.32 Å². The lowest BCUT2D eigenvalue weighted by Crippen LogP contribution is -2.48. The van der Waals surface area contributed by atoms with Gasteiger partial charge in [0.25, 0.3) is 0 Å². The molecule has 0 aromatic rings. The Morgan fingerprint density at radius 1 is 1.39 bits per heavy atom. The molecule has 0 aliphatic rings. The molecule has 0 aromatic heterocycles. The first kappa shape index (κ1) is 17.0. The summed E-state index contributed by atoms with van der Waals surface area (Å²) in [5.74, 6) is -0.525. The molecule has 1 N–H and O–H groups in total. The van der Waals surface area contributed by atoms with Gasteiger partial charge in [0.2, 0.25) is 5.91 Å². The Morgan fingerprint density at radius 3 is 2.33 bits per heavy atom. The summed E-state index contributed by atoms with van der Waals surface area (Å²) in [7, 11) is 0. The molecule has 0 bridgehead atoms. The van der Waals surface area contributed by atoms with Gasteiger partial charge in [-0.05, 0) is 12.8 Å². The lowest BCUT2D eigenvalue weighted by molar-refractivity contribution is -0.165. The van der Waals surface area contributed by atoms with Crippen LogP contribution in [-0.2, 0) is 4.79 Å². The van der Waals surface area contributed by atoms with E-state index in [2.05, 4.69) is 11.9 Å². The first-order valence-electron chi connectivity index (χ1n) is 6.03. The monoisotopic (exact) mass is 266 g/mol. The minimum atomic E-state index is -4.36. The molecular formula is C12H21F3N2O. The maximum Gasteiger partial charge on any atom is 0.406 e. The van der Waals surface area contributed by atoms with Gasteiger partial charge in [-0.2, -0.15) is 13.2 Å². The van der Waals surface area contributed by atoms with Crippen LogP contribution >= 0.6 is 0 Å². The van der Waals surface area contributed by atoms with Crippen LogP contribution in [0.1, 0.15) is 26.7 Å². The summed E-state index contributed by atoms with van der Waals surface area (Å²) in [6.07, 6.45) is -1.78. The van der Waals surface area contributed by atoms with Crippen molar-refractivity contribution in [3.8, 4) is 0 Å². The Morgan fingerprint density at radius 2 is 1.94 bits per heavy atom. The molecule has 0 radical (unpaired) electrons.